The summed E-state index contributed by atoms with van der Waals surface area (Å²) in [4.78, 5) is 6.08. The van der Waals surface area contributed by atoms with Gasteiger partial charge in [0.05, 0.1) is 29.8 Å². The van der Waals surface area contributed by atoms with E-state index in [1.54, 1.807) is 42.5 Å². The lowest BCUT2D eigenvalue weighted by Gasteiger charge is -2.38. The molecule has 1 aromatic heterocycles. The normalized spacial score (nSPS) is 17.8. The van der Waals surface area contributed by atoms with E-state index in [-0.39, 0.29) is 27.8 Å². The topological polar surface area (TPSA) is 45.6 Å². The summed E-state index contributed by atoms with van der Waals surface area (Å²) in [5.41, 5.74) is 0.0114. The lowest BCUT2D eigenvalue weighted by Crippen LogP contribution is -2.37. The van der Waals surface area contributed by atoms with Crippen LogP contribution in [0.4, 0.5) is 13.2 Å². The number of ether oxygens (including phenoxy) is 1. The quantitative estimate of drug-likeness (QED) is 0.360. The molecule has 3 aromatic rings. The number of likely N-dealkylation sites (N-methyl/N-ethyl adjacent to an activating group) is 1. The number of alkyl halides is 3. The largest absolute Gasteiger partial charge is 0.481 e. The molecule has 0 aliphatic carbocycles. The number of allylic oxidation sites excluding steroid dienone is 2. The molecule has 0 radical (unpaired) electrons. The van der Waals surface area contributed by atoms with Crippen LogP contribution in [0.3, 0.4) is 0 Å². The maximum atomic E-state index is 13.3. The summed E-state index contributed by atoms with van der Waals surface area (Å²) in [6.07, 6.45) is 0.959. The summed E-state index contributed by atoms with van der Waals surface area (Å²) >= 11 is 12.6. The first-order valence-electron chi connectivity index (χ1n) is 11.3. The Morgan fingerprint density at radius 1 is 1.08 bits per heavy atom. The van der Waals surface area contributed by atoms with Gasteiger partial charge in [-0.25, -0.2) is 4.98 Å². The second-order valence-electron chi connectivity index (χ2n) is 8.73. The van der Waals surface area contributed by atoms with E-state index in [9.17, 15) is 18.3 Å². The first-order chi connectivity index (χ1) is 17.0. The zero-order valence-electron chi connectivity index (χ0n) is 19.9. The van der Waals surface area contributed by atoms with Crippen LogP contribution in [0.2, 0.25) is 10.0 Å². The van der Waals surface area contributed by atoms with Gasteiger partial charge in [0.2, 0.25) is 5.88 Å². The molecule has 0 spiro atoms. The number of hydrogen-bond donors (Lipinski definition) is 1. The first kappa shape index (κ1) is 26.3. The van der Waals surface area contributed by atoms with E-state index in [0.29, 0.717) is 27.4 Å². The highest BCUT2D eigenvalue weighted by Crippen LogP contribution is 2.43. The summed E-state index contributed by atoms with van der Waals surface area (Å²) in [5.74, 6) is -0.0837. The highest BCUT2D eigenvalue weighted by Gasteiger charge is 2.40. The van der Waals surface area contributed by atoms with Gasteiger partial charge in [0.25, 0.3) is 0 Å². The molecule has 4 nitrogen and oxygen atoms in total. The smallest absolute Gasteiger partial charge is 0.393 e. The zero-order chi connectivity index (χ0) is 26.3. The van der Waals surface area contributed by atoms with Crippen LogP contribution in [-0.4, -0.2) is 35.3 Å². The Morgan fingerprint density at radius 3 is 2.36 bits per heavy atom. The lowest BCUT2D eigenvalue weighted by atomic mass is 9.80. The Balaban J connectivity index is 1.98. The minimum Gasteiger partial charge on any atom is -0.481 e. The summed E-state index contributed by atoms with van der Waals surface area (Å²) in [7, 11) is 3.08. The van der Waals surface area contributed by atoms with Gasteiger partial charge in [-0.15, -0.1) is 0 Å². The van der Waals surface area contributed by atoms with Crippen molar-refractivity contribution in [2.45, 2.75) is 31.5 Å². The van der Waals surface area contributed by atoms with Gasteiger partial charge in [0, 0.05) is 29.2 Å². The predicted octanol–water partition coefficient (Wildman–Crippen LogP) is 7.26. The van der Waals surface area contributed by atoms with Crippen LogP contribution in [0.1, 0.15) is 30.0 Å². The molecule has 4 rings (SSSR count). The molecule has 2 heterocycles. The molecular formula is C27H25Cl2F3N2O2. The molecule has 2 aromatic carbocycles. The minimum atomic E-state index is -4.51. The van der Waals surface area contributed by atoms with Gasteiger partial charge in [-0.1, -0.05) is 60.5 Å². The third kappa shape index (κ3) is 4.92. The van der Waals surface area contributed by atoms with E-state index in [2.05, 4.69) is 4.98 Å². The number of hydrogen-bond acceptors (Lipinski definition) is 4. The molecule has 0 saturated heterocycles. The lowest BCUT2D eigenvalue weighted by molar-refractivity contribution is -0.127. The summed E-state index contributed by atoms with van der Waals surface area (Å²) < 4.78 is 45.0. The molecule has 2 atom stereocenters. The van der Waals surface area contributed by atoms with Gasteiger partial charge < -0.3 is 14.7 Å². The van der Waals surface area contributed by atoms with E-state index < -0.39 is 18.2 Å². The number of aromatic nitrogens is 1. The number of aliphatic hydroxyl groups is 1. The number of nitrogens with zero attached hydrogens (tertiary/aromatic N) is 2. The molecular weight excluding hydrogens is 512 g/mol. The Bertz CT molecular complexity index is 1340. The molecule has 0 amide bonds. The van der Waals surface area contributed by atoms with Gasteiger partial charge in [-0.2, -0.15) is 13.2 Å². The molecule has 1 aliphatic rings. The monoisotopic (exact) mass is 536 g/mol. The highest BCUT2D eigenvalue weighted by atomic mass is 35.5. The average molecular weight is 537 g/mol. The molecule has 190 valence electrons. The second kappa shape index (κ2) is 9.96. The maximum Gasteiger partial charge on any atom is 0.393 e. The van der Waals surface area contributed by atoms with Gasteiger partial charge in [-0.3, -0.25) is 0 Å². The van der Waals surface area contributed by atoms with E-state index in [1.807, 2.05) is 37.2 Å². The Morgan fingerprint density at radius 2 is 1.75 bits per heavy atom. The van der Waals surface area contributed by atoms with Crippen LogP contribution in [0.15, 0.2) is 66.5 Å². The van der Waals surface area contributed by atoms with Gasteiger partial charge in [0.15, 0.2) is 5.60 Å². The average Bonchev–Trinajstić information content (AvgIpc) is 2.85. The van der Waals surface area contributed by atoms with Gasteiger partial charge in [-0.05, 0) is 47.7 Å². The first-order valence-corrected chi connectivity index (χ1v) is 12.1. The maximum absolute atomic E-state index is 13.3. The van der Waals surface area contributed by atoms with E-state index in [4.69, 9.17) is 27.9 Å². The van der Waals surface area contributed by atoms with E-state index >= 15 is 0 Å². The van der Waals surface area contributed by atoms with Crippen molar-refractivity contribution < 1.29 is 23.0 Å². The van der Waals surface area contributed by atoms with Crippen LogP contribution in [0, 0.1) is 5.92 Å². The van der Waals surface area contributed by atoms with Crippen molar-refractivity contribution in [3.05, 3.63) is 93.2 Å². The Hall–Kier alpha value is -2.74. The van der Waals surface area contributed by atoms with Crippen molar-refractivity contribution in [1.82, 2.24) is 9.88 Å². The molecule has 2 unspecified atom stereocenters. The molecule has 0 fully saturated rings. The van der Waals surface area contributed by atoms with Gasteiger partial charge in [0.1, 0.15) is 0 Å². The van der Waals surface area contributed by atoms with Crippen molar-refractivity contribution in [2.24, 2.45) is 5.92 Å². The SMILES string of the molecule is CCC1C=CN(C)C(C(O)(c2ccc(Cl)cc2)c2ccc3nc(OC)c(CC(F)(F)F)c(Cl)c3c2)=C1. The van der Waals surface area contributed by atoms with Crippen molar-refractivity contribution in [3.63, 3.8) is 0 Å². The number of methoxy groups -OCH3 is 1. The van der Waals surface area contributed by atoms with Crippen molar-refractivity contribution in [3.8, 4) is 5.88 Å². The van der Waals surface area contributed by atoms with Crippen LogP contribution in [-0.2, 0) is 12.0 Å². The fourth-order valence-electron chi connectivity index (χ4n) is 4.47. The third-order valence-corrected chi connectivity index (χ3v) is 7.06. The van der Waals surface area contributed by atoms with Crippen LogP contribution in [0.25, 0.3) is 10.9 Å². The highest BCUT2D eigenvalue weighted by molar-refractivity contribution is 6.36. The summed E-state index contributed by atoms with van der Waals surface area (Å²) in [6, 6.07) is 11.7. The number of rotatable bonds is 6. The molecule has 1 aliphatic heterocycles. The predicted molar refractivity (Wildman–Crippen MR) is 136 cm³/mol. The van der Waals surface area contributed by atoms with Crippen LogP contribution in [0.5, 0.6) is 5.88 Å². The molecule has 0 bridgehead atoms. The summed E-state index contributed by atoms with van der Waals surface area (Å²) in [5, 5.41) is 13.1. The third-order valence-electron chi connectivity index (χ3n) is 6.38. The number of halogens is 5. The van der Waals surface area contributed by atoms with Crippen molar-refractivity contribution in [1.29, 1.82) is 0 Å². The second-order valence-corrected chi connectivity index (χ2v) is 9.55. The fourth-order valence-corrected chi connectivity index (χ4v) is 4.89. The van der Waals surface area contributed by atoms with E-state index in [0.717, 1.165) is 6.42 Å². The molecule has 0 saturated carbocycles. The molecule has 9 heteroatoms. The standard InChI is InChI=1S/C27H25Cl2F3N2O2/c1-4-16-11-12-34(2)23(13-16)27(35,17-5-8-19(28)9-6-17)18-7-10-22-20(14-18)24(29)21(15-26(30,31)32)25(33-22)36-3/h5-14,16,35H,4,15H2,1-3H3. The van der Waals surface area contributed by atoms with E-state index in [1.165, 1.54) is 7.11 Å². The van der Waals surface area contributed by atoms with Crippen molar-refractivity contribution >= 4 is 34.1 Å². The Kier molecular flexibility index (Phi) is 7.28. The number of benzene rings is 2. The van der Waals surface area contributed by atoms with Gasteiger partial charge >= 0.3 is 6.18 Å². The van der Waals surface area contributed by atoms with Crippen LogP contribution >= 0.6 is 23.2 Å². The summed E-state index contributed by atoms with van der Waals surface area (Å²) in [6.45, 7) is 2.05. The van der Waals surface area contributed by atoms with Crippen LogP contribution < -0.4 is 4.74 Å². The molecule has 36 heavy (non-hydrogen) atoms. The fraction of sp³-hybridized carbons (Fsp3) is 0.296. The molecule has 1 N–H and O–H groups in total. The number of fused-ring (bicyclic) bond motifs is 1. The van der Waals surface area contributed by atoms with Crippen molar-refractivity contribution in [2.75, 3.05) is 14.2 Å². The zero-order valence-corrected chi connectivity index (χ0v) is 21.4. The minimum absolute atomic E-state index is 0.100. The number of pyridine rings is 1. The Labute approximate surface area is 217 Å².